The van der Waals surface area contributed by atoms with Crippen LogP contribution in [0.15, 0.2) is 43.0 Å². The summed E-state index contributed by atoms with van der Waals surface area (Å²) in [7, 11) is 0. The summed E-state index contributed by atoms with van der Waals surface area (Å²) in [6.07, 6.45) is 4.30. The molecule has 2 aromatic rings. The van der Waals surface area contributed by atoms with Crippen LogP contribution in [0.4, 0.5) is 0 Å². The number of carbonyl (C=O) groups is 1. The Kier molecular flexibility index (Phi) is 4.15. The van der Waals surface area contributed by atoms with Gasteiger partial charge in [-0.1, -0.05) is 36.4 Å². The minimum absolute atomic E-state index is 0.0709. The third-order valence-corrected chi connectivity index (χ3v) is 4.92. The van der Waals surface area contributed by atoms with Crippen molar-refractivity contribution < 1.29 is 4.79 Å². The van der Waals surface area contributed by atoms with Crippen LogP contribution in [0, 0.1) is 5.92 Å². The van der Waals surface area contributed by atoms with Gasteiger partial charge in [0.25, 0.3) is 0 Å². The van der Waals surface area contributed by atoms with Gasteiger partial charge in [-0.25, -0.2) is 4.98 Å². The van der Waals surface area contributed by atoms with Gasteiger partial charge in [0.05, 0.1) is 5.69 Å². The molecule has 0 saturated heterocycles. The molecule has 3 nitrogen and oxygen atoms in total. The van der Waals surface area contributed by atoms with Crippen molar-refractivity contribution in [3.63, 3.8) is 0 Å². The Morgan fingerprint density at radius 3 is 3.00 bits per heavy atom. The van der Waals surface area contributed by atoms with Crippen LogP contribution in [-0.4, -0.2) is 17.4 Å². The number of fused-ring (bicyclic) bond motifs is 1. The Bertz CT molecular complexity index is 648. The van der Waals surface area contributed by atoms with Crippen LogP contribution in [0.5, 0.6) is 0 Å². The Morgan fingerprint density at radius 2 is 2.24 bits per heavy atom. The lowest BCUT2D eigenvalue weighted by molar-refractivity contribution is -0.125. The summed E-state index contributed by atoms with van der Waals surface area (Å²) in [4.78, 5) is 18.1. The summed E-state index contributed by atoms with van der Waals surface area (Å²) in [5.74, 6) is 0.205. The molecule has 1 unspecified atom stereocenters. The summed E-state index contributed by atoms with van der Waals surface area (Å²) in [6.45, 7) is 4.17. The van der Waals surface area contributed by atoms with Crippen molar-refractivity contribution in [2.45, 2.75) is 19.3 Å². The number of nitrogens with one attached hydrogen (secondary N) is 1. The highest BCUT2D eigenvalue weighted by Crippen LogP contribution is 2.34. The zero-order chi connectivity index (χ0) is 14.7. The second kappa shape index (κ2) is 6.22. The Morgan fingerprint density at radius 1 is 1.43 bits per heavy atom. The molecule has 1 aromatic heterocycles. The largest absolute Gasteiger partial charge is 0.352 e. The van der Waals surface area contributed by atoms with Crippen LogP contribution in [-0.2, 0) is 17.6 Å². The molecule has 1 amide bonds. The molecule has 1 aromatic carbocycles. The number of rotatable bonds is 4. The molecule has 0 fully saturated rings. The first-order chi connectivity index (χ1) is 10.3. The van der Waals surface area contributed by atoms with Crippen molar-refractivity contribution >= 4 is 17.2 Å². The maximum absolute atomic E-state index is 12.1. The number of aryl methyl sites for hydroxylation is 1. The topological polar surface area (TPSA) is 42.0 Å². The van der Waals surface area contributed by atoms with Crippen LogP contribution in [0.3, 0.4) is 0 Å². The van der Waals surface area contributed by atoms with E-state index in [1.165, 1.54) is 10.6 Å². The molecule has 1 atom stereocenters. The minimum atomic E-state index is 0.0709. The SMILES string of the molecule is C=CCNC(=O)C1CCc2nc(-c3ccccc3)sc2C1. The molecule has 4 heteroatoms. The molecule has 0 bridgehead atoms. The molecule has 1 aliphatic carbocycles. The number of thiazole rings is 1. The van der Waals surface area contributed by atoms with Gasteiger partial charge in [0.2, 0.25) is 5.91 Å². The van der Waals surface area contributed by atoms with Gasteiger partial charge >= 0.3 is 0 Å². The van der Waals surface area contributed by atoms with E-state index in [0.29, 0.717) is 6.54 Å². The van der Waals surface area contributed by atoms with Gasteiger partial charge in [-0.15, -0.1) is 17.9 Å². The number of carbonyl (C=O) groups excluding carboxylic acids is 1. The third kappa shape index (κ3) is 3.05. The standard InChI is InChI=1S/C17H18N2OS/c1-2-10-18-16(20)13-8-9-14-15(11-13)21-17(19-14)12-6-4-3-5-7-12/h2-7,13H,1,8-11H2,(H,18,20). The Hall–Kier alpha value is -1.94. The maximum Gasteiger partial charge on any atom is 0.223 e. The van der Waals surface area contributed by atoms with E-state index in [-0.39, 0.29) is 11.8 Å². The second-order valence-corrected chi connectivity index (χ2v) is 6.31. The second-order valence-electron chi connectivity index (χ2n) is 5.23. The van der Waals surface area contributed by atoms with Gasteiger partial charge < -0.3 is 5.32 Å². The molecule has 0 radical (unpaired) electrons. The van der Waals surface area contributed by atoms with E-state index in [4.69, 9.17) is 4.98 Å². The van der Waals surface area contributed by atoms with Gasteiger partial charge in [-0.2, -0.15) is 0 Å². The lowest BCUT2D eigenvalue weighted by atomic mass is 9.90. The average Bonchev–Trinajstić information content (AvgIpc) is 2.96. The highest BCUT2D eigenvalue weighted by Gasteiger charge is 2.27. The number of amides is 1. The Labute approximate surface area is 128 Å². The van der Waals surface area contributed by atoms with Gasteiger partial charge in [-0.05, 0) is 19.3 Å². The highest BCUT2D eigenvalue weighted by atomic mass is 32.1. The molecule has 3 rings (SSSR count). The van der Waals surface area contributed by atoms with E-state index in [1.54, 1.807) is 17.4 Å². The number of hydrogen-bond acceptors (Lipinski definition) is 3. The molecule has 1 heterocycles. The third-order valence-electron chi connectivity index (χ3n) is 3.75. The zero-order valence-electron chi connectivity index (χ0n) is 11.8. The number of nitrogens with zero attached hydrogens (tertiary/aromatic N) is 1. The normalized spacial score (nSPS) is 17.0. The van der Waals surface area contributed by atoms with E-state index in [2.05, 4.69) is 24.0 Å². The molecule has 1 aliphatic rings. The number of hydrogen-bond donors (Lipinski definition) is 1. The van der Waals surface area contributed by atoms with Crippen molar-refractivity contribution in [1.29, 1.82) is 0 Å². The average molecular weight is 298 g/mol. The van der Waals surface area contributed by atoms with Crippen LogP contribution < -0.4 is 5.32 Å². The first-order valence-corrected chi connectivity index (χ1v) is 8.02. The molecular formula is C17H18N2OS. The highest BCUT2D eigenvalue weighted by molar-refractivity contribution is 7.15. The van der Waals surface area contributed by atoms with Crippen LogP contribution in [0.1, 0.15) is 17.0 Å². The lowest BCUT2D eigenvalue weighted by Crippen LogP contribution is -2.33. The predicted octanol–water partition coefficient (Wildman–Crippen LogP) is 3.22. The first-order valence-electron chi connectivity index (χ1n) is 7.20. The van der Waals surface area contributed by atoms with E-state index in [0.717, 1.165) is 29.8 Å². The molecular weight excluding hydrogens is 280 g/mol. The van der Waals surface area contributed by atoms with E-state index in [1.807, 2.05) is 18.2 Å². The summed E-state index contributed by atoms with van der Waals surface area (Å²) in [5, 5.41) is 3.96. The monoisotopic (exact) mass is 298 g/mol. The maximum atomic E-state index is 12.1. The number of benzene rings is 1. The van der Waals surface area contributed by atoms with Crippen molar-refractivity contribution in [2.24, 2.45) is 5.92 Å². The molecule has 0 saturated carbocycles. The fourth-order valence-corrected chi connectivity index (χ4v) is 3.81. The fourth-order valence-electron chi connectivity index (χ4n) is 2.62. The summed E-state index contributed by atoms with van der Waals surface area (Å²) < 4.78 is 0. The zero-order valence-corrected chi connectivity index (χ0v) is 12.7. The molecule has 21 heavy (non-hydrogen) atoms. The summed E-state index contributed by atoms with van der Waals surface area (Å²) >= 11 is 1.72. The molecule has 0 spiro atoms. The lowest BCUT2D eigenvalue weighted by Gasteiger charge is -2.19. The van der Waals surface area contributed by atoms with Crippen LogP contribution >= 0.6 is 11.3 Å². The molecule has 0 aliphatic heterocycles. The van der Waals surface area contributed by atoms with E-state index >= 15 is 0 Å². The summed E-state index contributed by atoms with van der Waals surface area (Å²) in [5.41, 5.74) is 2.33. The van der Waals surface area contributed by atoms with E-state index in [9.17, 15) is 4.79 Å². The fraction of sp³-hybridized carbons (Fsp3) is 0.294. The van der Waals surface area contributed by atoms with Gasteiger partial charge in [0.1, 0.15) is 5.01 Å². The van der Waals surface area contributed by atoms with Crippen LogP contribution in [0.2, 0.25) is 0 Å². The molecule has 108 valence electrons. The predicted molar refractivity (Wildman–Crippen MR) is 86.3 cm³/mol. The van der Waals surface area contributed by atoms with Crippen molar-refractivity contribution in [1.82, 2.24) is 10.3 Å². The van der Waals surface area contributed by atoms with Gasteiger partial charge in [0.15, 0.2) is 0 Å². The van der Waals surface area contributed by atoms with Crippen molar-refractivity contribution in [2.75, 3.05) is 6.54 Å². The van der Waals surface area contributed by atoms with Crippen LogP contribution in [0.25, 0.3) is 10.6 Å². The van der Waals surface area contributed by atoms with Gasteiger partial charge in [0, 0.05) is 22.9 Å². The van der Waals surface area contributed by atoms with E-state index < -0.39 is 0 Å². The molecule has 1 N–H and O–H groups in total. The quantitative estimate of drug-likeness (QED) is 0.881. The first kappa shape index (κ1) is 14.0. The Balaban J connectivity index is 1.76. The minimum Gasteiger partial charge on any atom is -0.352 e. The van der Waals surface area contributed by atoms with Gasteiger partial charge in [-0.3, -0.25) is 4.79 Å². The van der Waals surface area contributed by atoms with Crippen molar-refractivity contribution in [3.8, 4) is 10.6 Å². The number of aromatic nitrogens is 1. The van der Waals surface area contributed by atoms with Crippen molar-refractivity contribution in [3.05, 3.63) is 53.6 Å². The smallest absolute Gasteiger partial charge is 0.223 e. The summed E-state index contributed by atoms with van der Waals surface area (Å²) in [6, 6.07) is 10.2.